The van der Waals surface area contributed by atoms with Crippen molar-refractivity contribution in [2.24, 2.45) is 0 Å². The maximum absolute atomic E-state index is 13.0. The van der Waals surface area contributed by atoms with Gasteiger partial charge in [-0.2, -0.15) is 0 Å². The molecule has 0 aromatic heterocycles. The molecule has 1 amide bonds. The summed E-state index contributed by atoms with van der Waals surface area (Å²) in [6.45, 7) is 1.85. The van der Waals surface area contributed by atoms with Gasteiger partial charge < -0.3 is 5.32 Å². The van der Waals surface area contributed by atoms with Crippen molar-refractivity contribution in [3.8, 4) is 0 Å². The number of carbonyl (C=O) groups excluding carboxylic acids is 1. The molecule has 0 aliphatic carbocycles. The first-order valence-corrected chi connectivity index (χ1v) is 9.70. The van der Waals surface area contributed by atoms with Crippen LogP contribution in [0.15, 0.2) is 54.6 Å². The quantitative estimate of drug-likeness (QED) is 0.821. The van der Waals surface area contributed by atoms with Gasteiger partial charge >= 0.3 is 0 Å². The van der Waals surface area contributed by atoms with Crippen LogP contribution in [0.25, 0.3) is 0 Å². The lowest BCUT2D eigenvalue weighted by Gasteiger charge is -2.22. The fourth-order valence-corrected chi connectivity index (χ4v) is 3.36. The highest BCUT2D eigenvalue weighted by molar-refractivity contribution is 7.92. The molecule has 134 valence electrons. The van der Waals surface area contributed by atoms with Crippen LogP contribution in [-0.4, -0.2) is 27.1 Å². The average Bonchev–Trinajstić information content (AvgIpc) is 2.56. The van der Waals surface area contributed by atoms with Gasteiger partial charge in [-0.15, -0.1) is 0 Å². The molecule has 0 spiro atoms. The molecule has 2 aromatic carbocycles. The Kier molecular flexibility index (Phi) is 6.14. The Bertz CT molecular complexity index is 808. The van der Waals surface area contributed by atoms with Crippen LogP contribution in [0.2, 0.25) is 0 Å². The summed E-state index contributed by atoms with van der Waals surface area (Å²) in [5, 5.41) is 2.84. The Morgan fingerprint density at radius 3 is 2.28 bits per heavy atom. The molecule has 2 rings (SSSR count). The molecule has 0 aliphatic heterocycles. The molecule has 1 unspecified atom stereocenters. The first-order valence-electron chi connectivity index (χ1n) is 7.85. The van der Waals surface area contributed by atoms with Crippen LogP contribution in [0.1, 0.15) is 24.9 Å². The van der Waals surface area contributed by atoms with Gasteiger partial charge in [-0.3, -0.25) is 9.10 Å². The maximum Gasteiger partial charge on any atom is 0.232 e. The van der Waals surface area contributed by atoms with E-state index in [1.807, 2.05) is 37.3 Å². The molecule has 5 nitrogen and oxygen atoms in total. The molecule has 0 saturated carbocycles. The molecule has 0 saturated heterocycles. The Hall–Kier alpha value is -2.41. The highest BCUT2D eigenvalue weighted by Crippen LogP contribution is 2.18. The van der Waals surface area contributed by atoms with Crippen molar-refractivity contribution in [2.45, 2.75) is 19.4 Å². The third-order valence-corrected chi connectivity index (χ3v) is 4.93. The lowest BCUT2D eigenvalue weighted by atomic mass is 10.1. The number of rotatable bonds is 7. The number of anilines is 1. The zero-order chi connectivity index (χ0) is 18.4. The number of sulfonamides is 1. The van der Waals surface area contributed by atoms with Crippen molar-refractivity contribution in [3.05, 3.63) is 66.0 Å². The van der Waals surface area contributed by atoms with Gasteiger partial charge in [0.2, 0.25) is 15.9 Å². The Labute approximate surface area is 147 Å². The van der Waals surface area contributed by atoms with Crippen molar-refractivity contribution < 1.29 is 17.6 Å². The molecule has 7 heteroatoms. The molecular weight excluding hydrogens is 343 g/mol. The summed E-state index contributed by atoms with van der Waals surface area (Å²) in [5.74, 6) is -0.709. The van der Waals surface area contributed by atoms with Crippen LogP contribution in [0.5, 0.6) is 0 Å². The van der Waals surface area contributed by atoms with E-state index in [1.165, 1.54) is 24.3 Å². The number of halogens is 1. The number of nitrogens with one attached hydrogen (secondary N) is 1. The highest BCUT2D eigenvalue weighted by Gasteiger charge is 2.19. The van der Waals surface area contributed by atoms with Crippen molar-refractivity contribution in [3.63, 3.8) is 0 Å². The van der Waals surface area contributed by atoms with Crippen molar-refractivity contribution in [2.75, 3.05) is 17.1 Å². The lowest BCUT2D eigenvalue weighted by Crippen LogP contribution is -2.35. The van der Waals surface area contributed by atoms with Gasteiger partial charge in [0.1, 0.15) is 5.82 Å². The largest absolute Gasteiger partial charge is 0.350 e. The number of hydrogen-bond donors (Lipinski definition) is 1. The van der Waals surface area contributed by atoms with Gasteiger partial charge in [0.25, 0.3) is 0 Å². The van der Waals surface area contributed by atoms with Crippen LogP contribution >= 0.6 is 0 Å². The molecule has 0 heterocycles. The summed E-state index contributed by atoms with van der Waals surface area (Å²) in [4.78, 5) is 12.2. The molecule has 1 N–H and O–H groups in total. The minimum Gasteiger partial charge on any atom is -0.350 e. The van der Waals surface area contributed by atoms with Crippen LogP contribution < -0.4 is 9.62 Å². The molecule has 0 bridgehead atoms. The number of carbonyl (C=O) groups is 1. The van der Waals surface area contributed by atoms with Gasteiger partial charge in [0, 0.05) is 13.0 Å². The van der Waals surface area contributed by atoms with Crippen molar-refractivity contribution in [1.29, 1.82) is 0 Å². The second-order valence-electron chi connectivity index (χ2n) is 5.76. The SMILES string of the molecule is CC(NC(=O)CCN(c1ccc(F)cc1)S(C)(=O)=O)c1ccccc1. The van der Waals surface area contributed by atoms with E-state index in [1.54, 1.807) is 0 Å². The molecule has 0 fully saturated rings. The Morgan fingerprint density at radius 2 is 1.72 bits per heavy atom. The topological polar surface area (TPSA) is 66.5 Å². The number of hydrogen-bond acceptors (Lipinski definition) is 3. The van der Waals surface area contributed by atoms with E-state index >= 15 is 0 Å². The molecular formula is C18H21FN2O3S. The number of benzene rings is 2. The third kappa shape index (κ3) is 5.56. The fraction of sp³-hybridized carbons (Fsp3) is 0.278. The molecule has 0 aliphatic rings. The minimum absolute atomic E-state index is 0.00161. The van der Waals surface area contributed by atoms with E-state index in [9.17, 15) is 17.6 Å². The van der Waals surface area contributed by atoms with Crippen molar-refractivity contribution in [1.82, 2.24) is 5.32 Å². The summed E-state index contributed by atoms with van der Waals surface area (Å²) in [6.07, 6.45) is 1.06. The average molecular weight is 364 g/mol. The van der Waals surface area contributed by atoms with Crippen LogP contribution in [0.4, 0.5) is 10.1 Å². The van der Waals surface area contributed by atoms with Gasteiger partial charge in [0.05, 0.1) is 18.0 Å². The summed E-state index contributed by atoms with van der Waals surface area (Å²) in [5.41, 5.74) is 1.29. The van der Waals surface area contributed by atoms with E-state index in [0.717, 1.165) is 16.1 Å². The number of nitrogens with zero attached hydrogens (tertiary/aromatic N) is 1. The van der Waals surface area contributed by atoms with Gasteiger partial charge in [-0.05, 0) is 36.8 Å². The summed E-state index contributed by atoms with van der Waals surface area (Å²) < 4.78 is 38.1. The first-order chi connectivity index (χ1) is 11.8. The Morgan fingerprint density at radius 1 is 1.12 bits per heavy atom. The lowest BCUT2D eigenvalue weighted by molar-refractivity contribution is -0.121. The maximum atomic E-state index is 13.0. The summed E-state index contributed by atoms with van der Waals surface area (Å²) in [6, 6.07) is 14.4. The van der Waals surface area contributed by atoms with Crippen LogP contribution in [-0.2, 0) is 14.8 Å². The normalized spacial score (nSPS) is 12.4. The minimum atomic E-state index is -3.58. The van der Waals surface area contributed by atoms with E-state index in [2.05, 4.69) is 5.32 Å². The van der Waals surface area contributed by atoms with E-state index < -0.39 is 15.8 Å². The third-order valence-electron chi connectivity index (χ3n) is 3.73. The molecule has 0 radical (unpaired) electrons. The first kappa shape index (κ1) is 18.9. The van der Waals surface area contributed by atoms with E-state index in [-0.39, 0.29) is 24.9 Å². The van der Waals surface area contributed by atoms with Gasteiger partial charge in [-0.25, -0.2) is 12.8 Å². The second kappa shape index (κ2) is 8.11. The molecule has 1 atom stereocenters. The number of amides is 1. The zero-order valence-corrected chi connectivity index (χ0v) is 15.0. The van der Waals surface area contributed by atoms with E-state index in [0.29, 0.717) is 5.69 Å². The second-order valence-corrected chi connectivity index (χ2v) is 7.67. The van der Waals surface area contributed by atoms with Crippen LogP contribution in [0.3, 0.4) is 0 Å². The Balaban J connectivity index is 2.00. The predicted molar refractivity (Wildman–Crippen MR) is 96.2 cm³/mol. The fourth-order valence-electron chi connectivity index (χ4n) is 2.44. The highest BCUT2D eigenvalue weighted by atomic mass is 32.2. The molecule has 25 heavy (non-hydrogen) atoms. The smallest absolute Gasteiger partial charge is 0.232 e. The van der Waals surface area contributed by atoms with Crippen molar-refractivity contribution >= 4 is 21.6 Å². The van der Waals surface area contributed by atoms with Crippen LogP contribution in [0, 0.1) is 5.82 Å². The monoisotopic (exact) mass is 364 g/mol. The summed E-state index contributed by atoms with van der Waals surface area (Å²) in [7, 11) is -3.58. The summed E-state index contributed by atoms with van der Waals surface area (Å²) >= 11 is 0. The van der Waals surface area contributed by atoms with Gasteiger partial charge in [0.15, 0.2) is 0 Å². The van der Waals surface area contributed by atoms with Gasteiger partial charge in [-0.1, -0.05) is 30.3 Å². The van der Waals surface area contributed by atoms with E-state index in [4.69, 9.17) is 0 Å². The zero-order valence-electron chi connectivity index (χ0n) is 14.1. The standard InChI is InChI=1S/C18H21FN2O3S/c1-14(15-6-4-3-5-7-15)20-18(22)12-13-21(25(2,23)24)17-10-8-16(19)9-11-17/h3-11,14H,12-13H2,1-2H3,(H,20,22). The molecule has 2 aromatic rings. The predicted octanol–water partition coefficient (Wildman–Crippen LogP) is 2.86.